The van der Waals surface area contributed by atoms with Crippen LogP contribution in [0.15, 0.2) is 29.8 Å². The van der Waals surface area contributed by atoms with Crippen LogP contribution in [0.3, 0.4) is 0 Å². The summed E-state index contributed by atoms with van der Waals surface area (Å²) in [6, 6.07) is 8.58. The highest BCUT2D eigenvalue weighted by atomic mass is 15.1. The topological polar surface area (TPSA) is 3.24 Å². The van der Waals surface area contributed by atoms with E-state index in [1.165, 1.54) is 16.8 Å². The fourth-order valence-electron chi connectivity index (χ4n) is 1.88. The molecule has 0 spiro atoms. The average Bonchev–Trinajstić information content (AvgIpc) is 2.16. The summed E-state index contributed by atoms with van der Waals surface area (Å²) in [5.74, 6) is 0. The first-order valence-corrected chi connectivity index (χ1v) is 4.82. The maximum absolute atomic E-state index is 2.41. The van der Waals surface area contributed by atoms with Crippen molar-refractivity contribution in [2.75, 3.05) is 18.0 Å². The predicted molar refractivity (Wildman–Crippen MR) is 58.0 cm³/mol. The third-order valence-corrected chi connectivity index (χ3v) is 2.50. The van der Waals surface area contributed by atoms with Crippen molar-refractivity contribution < 1.29 is 0 Å². The molecule has 0 amide bonds. The number of likely N-dealkylation sites (N-methyl/N-ethyl adjacent to an activating group) is 1. The van der Waals surface area contributed by atoms with Crippen molar-refractivity contribution in [1.82, 2.24) is 0 Å². The second-order valence-electron chi connectivity index (χ2n) is 3.56. The molecule has 1 aromatic carbocycles. The van der Waals surface area contributed by atoms with Crippen molar-refractivity contribution in [2.24, 2.45) is 0 Å². The normalized spacial score (nSPS) is 15.2. The molecule has 0 fully saturated rings. The van der Waals surface area contributed by atoms with Gasteiger partial charge in [0.25, 0.3) is 0 Å². The molecular weight excluding hydrogens is 158 g/mol. The highest BCUT2D eigenvalue weighted by Gasteiger charge is 2.12. The Morgan fingerprint density at radius 3 is 2.85 bits per heavy atom. The lowest BCUT2D eigenvalue weighted by molar-refractivity contribution is 0.871. The van der Waals surface area contributed by atoms with E-state index in [0.29, 0.717) is 0 Å². The van der Waals surface area contributed by atoms with Gasteiger partial charge in [-0.2, -0.15) is 0 Å². The number of hydrogen-bond acceptors (Lipinski definition) is 1. The van der Waals surface area contributed by atoms with Gasteiger partial charge in [-0.05, 0) is 25.5 Å². The fourth-order valence-corrected chi connectivity index (χ4v) is 1.88. The fraction of sp³-hybridized carbons (Fsp3) is 0.333. The van der Waals surface area contributed by atoms with E-state index in [2.05, 4.69) is 49.1 Å². The highest BCUT2D eigenvalue weighted by Crippen LogP contribution is 2.27. The predicted octanol–water partition coefficient (Wildman–Crippen LogP) is 2.93. The van der Waals surface area contributed by atoms with Crippen molar-refractivity contribution in [3.05, 3.63) is 35.4 Å². The summed E-state index contributed by atoms with van der Waals surface area (Å²) in [6.07, 6.45) is 2.28. The summed E-state index contributed by atoms with van der Waals surface area (Å²) < 4.78 is 0. The van der Waals surface area contributed by atoms with Crippen LogP contribution in [0, 0.1) is 0 Å². The van der Waals surface area contributed by atoms with E-state index in [4.69, 9.17) is 0 Å². The van der Waals surface area contributed by atoms with E-state index in [9.17, 15) is 0 Å². The molecule has 1 heteroatoms. The SMILES string of the molecule is CCN1CC(C)=Cc2ccccc21. The van der Waals surface area contributed by atoms with Gasteiger partial charge < -0.3 is 4.90 Å². The Morgan fingerprint density at radius 1 is 1.31 bits per heavy atom. The van der Waals surface area contributed by atoms with E-state index in [1.807, 2.05) is 0 Å². The molecule has 0 aliphatic carbocycles. The van der Waals surface area contributed by atoms with Crippen LogP contribution in [0.25, 0.3) is 6.08 Å². The second-order valence-corrected chi connectivity index (χ2v) is 3.56. The van der Waals surface area contributed by atoms with Crippen LogP contribution >= 0.6 is 0 Å². The van der Waals surface area contributed by atoms with Gasteiger partial charge in [0, 0.05) is 18.8 Å². The minimum absolute atomic E-state index is 1.08. The van der Waals surface area contributed by atoms with Crippen LogP contribution < -0.4 is 4.90 Å². The molecule has 0 aromatic heterocycles. The lowest BCUT2D eigenvalue weighted by Crippen LogP contribution is -2.27. The van der Waals surface area contributed by atoms with Crippen molar-refractivity contribution >= 4 is 11.8 Å². The minimum atomic E-state index is 1.08. The van der Waals surface area contributed by atoms with Gasteiger partial charge in [-0.15, -0.1) is 0 Å². The van der Waals surface area contributed by atoms with Crippen molar-refractivity contribution in [3.63, 3.8) is 0 Å². The van der Waals surface area contributed by atoms with Crippen molar-refractivity contribution in [2.45, 2.75) is 13.8 Å². The average molecular weight is 173 g/mol. The summed E-state index contributed by atoms with van der Waals surface area (Å²) in [4.78, 5) is 2.41. The Morgan fingerprint density at radius 2 is 2.08 bits per heavy atom. The maximum atomic E-state index is 2.41. The monoisotopic (exact) mass is 173 g/mol. The maximum Gasteiger partial charge on any atom is 0.0442 e. The smallest absolute Gasteiger partial charge is 0.0442 e. The van der Waals surface area contributed by atoms with Crippen molar-refractivity contribution in [3.8, 4) is 0 Å². The second kappa shape index (κ2) is 3.25. The molecule has 0 N–H and O–H groups in total. The summed E-state index contributed by atoms with van der Waals surface area (Å²) in [7, 11) is 0. The number of nitrogens with zero attached hydrogens (tertiary/aromatic N) is 1. The third kappa shape index (κ3) is 1.46. The zero-order valence-corrected chi connectivity index (χ0v) is 8.25. The zero-order chi connectivity index (χ0) is 9.26. The largest absolute Gasteiger partial charge is 0.367 e. The van der Waals surface area contributed by atoms with E-state index in [0.717, 1.165) is 13.1 Å². The molecule has 1 aliphatic rings. The standard InChI is InChI=1S/C12H15N/c1-3-13-9-10(2)8-11-6-4-5-7-12(11)13/h4-8H,3,9H2,1-2H3. The third-order valence-electron chi connectivity index (χ3n) is 2.50. The van der Waals surface area contributed by atoms with Crippen LogP contribution in [-0.4, -0.2) is 13.1 Å². The van der Waals surface area contributed by atoms with Gasteiger partial charge in [0.05, 0.1) is 0 Å². The molecular formula is C12H15N. The lowest BCUT2D eigenvalue weighted by atomic mass is 10.0. The van der Waals surface area contributed by atoms with E-state index < -0.39 is 0 Å². The Hall–Kier alpha value is -1.24. The van der Waals surface area contributed by atoms with Gasteiger partial charge >= 0.3 is 0 Å². The quantitative estimate of drug-likeness (QED) is 0.631. The molecule has 0 bridgehead atoms. The molecule has 2 rings (SSSR count). The number of fused-ring (bicyclic) bond motifs is 1. The molecule has 1 heterocycles. The van der Waals surface area contributed by atoms with Gasteiger partial charge in [-0.25, -0.2) is 0 Å². The first-order valence-electron chi connectivity index (χ1n) is 4.82. The van der Waals surface area contributed by atoms with E-state index in [-0.39, 0.29) is 0 Å². The highest BCUT2D eigenvalue weighted by molar-refractivity contribution is 5.72. The number of anilines is 1. The molecule has 0 unspecified atom stereocenters. The minimum Gasteiger partial charge on any atom is -0.367 e. The Bertz CT molecular complexity index is 339. The van der Waals surface area contributed by atoms with Crippen LogP contribution in [0.1, 0.15) is 19.4 Å². The summed E-state index contributed by atoms with van der Waals surface area (Å²) in [5, 5.41) is 0. The molecule has 0 radical (unpaired) electrons. The van der Waals surface area contributed by atoms with Gasteiger partial charge in [-0.3, -0.25) is 0 Å². The molecule has 1 aromatic rings. The van der Waals surface area contributed by atoms with Gasteiger partial charge in [0.2, 0.25) is 0 Å². The molecule has 0 atom stereocenters. The van der Waals surface area contributed by atoms with E-state index >= 15 is 0 Å². The number of para-hydroxylation sites is 1. The molecule has 1 aliphatic heterocycles. The molecule has 1 nitrogen and oxygen atoms in total. The first kappa shape index (κ1) is 8.36. The summed E-state index contributed by atoms with van der Waals surface area (Å²) >= 11 is 0. The molecule has 0 saturated heterocycles. The van der Waals surface area contributed by atoms with Crippen molar-refractivity contribution in [1.29, 1.82) is 0 Å². The number of benzene rings is 1. The Labute approximate surface area is 79.7 Å². The lowest BCUT2D eigenvalue weighted by Gasteiger charge is -2.29. The number of hydrogen-bond donors (Lipinski definition) is 0. The van der Waals surface area contributed by atoms with Crippen LogP contribution in [0.4, 0.5) is 5.69 Å². The van der Waals surface area contributed by atoms with Gasteiger partial charge in [0.1, 0.15) is 0 Å². The van der Waals surface area contributed by atoms with Gasteiger partial charge in [-0.1, -0.05) is 29.8 Å². The summed E-state index contributed by atoms with van der Waals surface area (Å²) in [5.41, 5.74) is 4.17. The molecule has 0 saturated carbocycles. The zero-order valence-electron chi connectivity index (χ0n) is 8.25. The first-order chi connectivity index (χ1) is 6.31. The summed E-state index contributed by atoms with van der Waals surface area (Å²) in [6.45, 7) is 6.56. The van der Waals surface area contributed by atoms with Crippen LogP contribution in [-0.2, 0) is 0 Å². The van der Waals surface area contributed by atoms with Crippen LogP contribution in [0.2, 0.25) is 0 Å². The number of rotatable bonds is 1. The Balaban J connectivity index is 2.48. The Kier molecular flexibility index (Phi) is 2.09. The van der Waals surface area contributed by atoms with Crippen LogP contribution in [0.5, 0.6) is 0 Å². The molecule has 13 heavy (non-hydrogen) atoms. The molecule has 68 valence electrons. The van der Waals surface area contributed by atoms with Gasteiger partial charge in [0.15, 0.2) is 0 Å². The van der Waals surface area contributed by atoms with E-state index in [1.54, 1.807) is 0 Å².